The van der Waals surface area contributed by atoms with Gasteiger partial charge >= 0.3 is 0 Å². The molecule has 2 saturated heterocycles. The molecule has 2 heterocycles. The van der Waals surface area contributed by atoms with Crippen LogP contribution in [-0.4, -0.2) is 69.4 Å². The van der Waals surface area contributed by atoms with Gasteiger partial charge in [-0.25, -0.2) is 0 Å². The van der Waals surface area contributed by atoms with Crippen LogP contribution in [0, 0.1) is 5.92 Å². The van der Waals surface area contributed by atoms with Gasteiger partial charge in [-0.05, 0) is 6.42 Å². The van der Waals surface area contributed by atoms with Crippen LogP contribution in [0.3, 0.4) is 0 Å². The molecular formula is C10H19N3O4S. The Balaban J connectivity index is 2.12. The molecule has 0 aliphatic carbocycles. The van der Waals surface area contributed by atoms with E-state index in [2.05, 4.69) is 5.32 Å². The summed E-state index contributed by atoms with van der Waals surface area (Å²) in [6.07, 6.45) is 0.166. The molecule has 0 radical (unpaired) electrons. The van der Waals surface area contributed by atoms with Crippen molar-refractivity contribution < 1.29 is 17.9 Å². The van der Waals surface area contributed by atoms with E-state index in [9.17, 15) is 13.2 Å². The van der Waals surface area contributed by atoms with Crippen LogP contribution in [-0.2, 0) is 19.7 Å². The highest BCUT2D eigenvalue weighted by atomic mass is 32.2. The van der Waals surface area contributed by atoms with Gasteiger partial charge in [-0.3, -0.25) is 4.79 Å². The molecule has 0 saturated carbocycles. The molecule has 2 rings (SSSR count). The molecule has 0 aromatic carbocycles. The summed E-state index contributed by atoms with van der Waals surface area (Å²) in [4.78, 5) is 11.8. The maximum Gasteiger partial charge on any atom is 0.281 e. The minimum Gasteiger partial charge on any atom is -0.374 e. The van der Waals surface area contributed by atoms with E-state index >= 15 is 0 Å². The highest BCUT2D eigenvalue weighted by Crippen LogP contribution is 2.24. The third-order valence-corrected chi connectivity index (χ3v) is 5.29. The molecule has 0 unspecified atom stereocenters. The van der Waals surface area contributed by atoms with Gasteiger partial charge in [-0.1, -0.05) is 0 Å². The van der Waals surface area contributed by atoms with Crippen molar-refractivity contribution in [2.75, 3.05) is 40.3 Å². The number of carbonyl (C=O) groups excluding carboxylic acids is 1. The normalized spacial score (nSPS) is 30.7. The Morgan fingerprint density at radius 2 is 2.17 bits per heavy atom. The first-order valence-corrected chi connectivity index (χ1v) is 7.39. The predicted octanol–water partition coefficient (Wildman–Crippen LogP) is -1.37. The second-order valence-corrected chi connectivity index (χ2v) is 6.89. The van der Waals surface area contributed by atoms with Crippen LogP contribution in [0.1, 0.15) is 6.42 Å². The number of ether oxygens (including phenoxy) is 1. The fourth-order valence-electron chi connectivity index (χ4n) is 2.31. The van der Waals surface area contributed by atoms with Gasteiger partial charge in [-0.2, -0.15) is 17.0 Å². The molecule has 1 amide bonds. The molecule has 2 aliphatic heterocycles. The SMILES string of the molecule is CN(C)S(=O)(=O)N1CC[C@H]2C(=O)NCCO[C@H]2C1. The molecule has 2 fully saturated rings. The Hall–Kier alpha value is -0.700. The van der Waals surface area contributed by atoms with Crippen molar-refractivity contribution >= 4 is 16.1 Å². The van der Waals surface area contributed by atoms with Crippen molar-refractivity contribution in [2.24, 2.45) is 5.92 Å². The molecule has 2 atom stereocenters. The van der Waals surface area contributed by atoms with Gasteiger partial charge in [0.25, 0.3) is 10.2 Å². The quantitative estimate of drug-likeness (QED) is 0.675. The summed E-state index contributed by atoms with van der Waals surface area (Å²) in [6.45, 7) is 1.53. The smallest absolute Gasteiger partial charge is 0.281 e. The summed E-state index contributed by atoms with van der Waals surface area (Å²) in [6, 6.07) is 0. The van der Waals surface area contributed by atoms with Crippen LogP contribution in [0.2, 0.25) is 0 Å². The lowest BCUT2D eigenvalue weighted by Gasteiger charge is -2.36. The van der Waals surface area contributed by atoms with Crippen molar-refractivity contribution in [3.63, 3.8) is 0 Å². The van der Waals surface area contributed by atoms with Gasteiger partial charge in [0.2, 0.25) is 5.91 Å². The summed E-state index contributed by atoms with van der Waals surface area (Å²) in [7, 11) is -0.421. The van der Waals surface area contributed by atoms with E-state index in [4.69, 9.17) is 4.74 Å². The molecule has 0 bridgehead atoms. The molecule has 104 valence electrons. The molecule has 0 spiro atoms. The van der Waals surface area contributed by atoms with Crippen LogP contribution < -0.4 is 5.32 Å². The Morgan fingerprint density at radius 3 is 2.83 bits per heavy atom. The minimum atomic E-state index is -3.42. The average Bonchev–Trinajstić information content (AvgIpc) is 2.51. The zero-order valence-corrected chi connectivity index (χ0v) is 11.4. The van der Waals surface area contributed by atoms with Crippen LogP contribution >= 0.6 is 0 Å². The van der Waals surface area contributed by atoms with Gasteiger partial charge in [0.05, 0.1) is 18.6 Å². The molecule has 0 aromatic rings. The lowest BCUT2D eigenvalue weighted by molar-refractivity contribution is -0.129. The number of hydrogen-bond donors (Lipinski definition) is 1. The number of fused-ring (bicyclic) bond motifs is 1. The summed E-state index contributed by atoms with van der Waals surface area (Å²) in [5.74, 6) is -0.263. The van der Waals surface area contributed by atoms with Crippen molar-refractivity contribution in [3.05, 3.63) is 0 Å². The van der Waals surface area contributed by atoms with Crippen LogP contribution in [0.25, 0.3) is 0 Å². The standard InChI is InChI=1S/C10H19N3O4S/c1-12(2)18(15,16)13-5-3-8-9(7-13)17-6-4-11-10(8)14/h8-9H,3-7H2,1-2H3,(H,11,14)/t8-,9+/m1/s1. The average molecular weight is 277 g/mol. The van der Waals surface area contributed by atoms with E-state index in [-0.39, 0.29) is 24.5 Å². The first-order valence-electron chi connectivity index (χ1n) is 6.00. The Kier molecular flexibility index (Phi) is 3.90. The summed E-state index contributed by atoms with van der Waals surface area (Å²) >= 11 is 0. The van der Waals surface area contributed by atoms with Gasteiger partial charge in [0.1, 0.15) is 0 Å². The molecule has 0 aromatic heterocycles. The number of nitrogens with one attached hydrogen (secondary N) is 1. The van der Waals surface area contributed by atoms with Crippen molar-refractivity contribution in [2.45, 2.75) is 12.5 Å². The number of nitrogens with zero attached hydrogens (tertiary/aromatic N) is 2. The number of rotatable bonds is 2. The first-order chi connectivity index (χ1) is 8.43. The lowest BCUT2D eigenvalue weighted by Crippen LogP contribution is -2.52. The number of piperidine rings is 1. The Bertz CT molecular complexity index is 423. The van der Waals surface area contributed by atoms with E-state index in [0.717, 1.165) is 0 Å². The van der Waals surface area contributed by atoms with Crippen molar-refractivity contribution in [1.82, 2.24) is 13.9 Å². The van der Waals surface area contributed by atoms with E-state index in [1.54, 1.807) is 0 Å². The highest BCUT2D eigenvalue weighted by molar-refractivity contribution is 7.86. The number of hydrogen-bond acceptors (Lipinski definition) is 4. The topological polar surface area (TPSA) is 79.0 Å². The van der Waals surface area contributed by atoms with Crippen LogP contribution in [0.5, 0.6) is 0 Å². The predicted molar refractivity (Wildman–Crippen MR) is 65.0 cm³/mol. The second-order valence-electron chi connectivity index (χ2n) is 4.74. The zero-order chi connectivity index (χ0) is 13.3. The maximum absolute atomic E-state index is 12.0. The largest absolute Gasteiger partial charge is 0.374 e. The fourth-order valence-corrected chi connectivity index (χ4v) is 3.45. The van der Waals surface area contributed by atoms with Crippen molar-refractivity contribution in [3.8, 4) is 0 Å². The third-order valence-electron chi connectivity index (χ3n) is 3.38. The van der Waals surface area contributed by atoms with E-state index in [0.29, 0.717) is 26.1 Å². The summed E-state index contributed by atoms with van der Waals surface area (Å²) in [5.41, 5.74) is 0. The fraction of sp³-hybridized carbons (Fsp3) is 0.900. The van der Waals surface area contributed by atoms with E-state index < -0.39 is 10.2 Å². The lowest BCUT2D eigenvalue weighted by atomic mass is 9.94. The Labute approximate surface area is 107 Å². The minimum absolute atomic E-state index is 0.0283. The van der Waals surface area contributed by atoms with E-state index in [1.165, 1.54) is 22.7 Å². The highest BCUT2D eigenvalue weighted by Gasteiger charge is 2.40. The number of carbonyl (C=O) groups is 1. The van der Waals surface area contributed by atoms with Gasteiger partial charge < -0.3 is 10.1 Å². The van der Waals surface area contributed by atoms with E-state index in [1.807, 2.05) is 0 Å². The monoisotopic (exact) mass is 277 g/mol. The molecule has 2 aliphatic rings. The van der Waals surface area contributed by atoms with Crippen LogP contribution in [0.4, 0.5) is 0 Å². The van der Waals surface area contributed by atoms with Crippen molar-refractivity contribution in [1.29, 1.82) is 0 Å². The molecule has 8 heteroatoms. The second kappa shape index (κ2) is 5.12. The first kappa shape index (κ1) is 13.7. The molecular weight excluding hydrogens is 258 g/mol. The van der Waals surface area contributed by atoms with Crippen LogP contribution in [0.15, 0.2) is 0 Å². The van der Waals surface area contributed by atoms with Gasteiger partial charge in [0, 0.05) is 33.7 Å². The van der Waals surface area contributed by atoms with Gasteiger partial charge in [-0.15, -0.1) is 0 Å². The summed E-state index contributed by atoms with van der Waals surface area (Å²) < 4.78 is 32.2. The summed E-state index contributed by atoms with van der Waals surface area (Å²) in [5, 5.41) is 2.78. The zero-order valence-electron chi connectivity index (χ0n) is 10.6. The third kappa shape index (κ3) is 2.51. The Morgan fingerprint density at radius 1 is 1.44 bits per heavy atom. The number of amides is 1. The molecule has 18 heavy (non-hydrogen) atoms. The molecule has 7 nitrogen and oxygen atoms in total. The maximum atomic E-state index is 12.0. The molecule has 1 N–H and O–H groups in total. The van der Waals surface area contributed by atoms with Gasteiger partial charge in [0.15, 0.2) is 0 Å².